The van der Waals surface area contributed by atoms with Crippen LogP contribution in [0.4, 0.5) is 10.5 Å². The Kier molecular flexibility index (Phi) is 5.74. The van der Waals surface area contributed by atoms with Gasteiger partial charge in [0.05, 0.1) is 18.8 Å². The summed E-state index contributed by atoms with van der Waals surface area (Å²) in [6, 6.07) is 5.12. The number of urea groups is 1. The van der Waals surface area contributed by atoms with Crippen molar-refractivity contribution in [3.8, 4) is 0 Å². The number of imide groups is 1. The van der Waals surface area contributed by atoms with Crippen LogP contribution >= 0.6 is 0 Å². The highest BCUT2D eigenvalue weighted by atomic mass is 16.5. The molecule has 3 amide bonds. The quantitative estimate of drug-likeness (QED) is 0.895. The Hall–Kier alpha value is -1.92. The number of benzene rings is 1. The van der Waals surface area contributed by atoms with Gasteiger partial charge in [0.1, 0.15) is 0 Å². The van der Waals surface area contributed by atoms with Crippen molar-refractivity contribution in [3.63, 3.8) is 0 Å². The van der Waals surface area contributed by atoms with Crippen molar-refractivity contribution in [3.05, 3.63) is 29.3 Å². The largest absolute Gasteiger partial charge is 0.373 e. The summed E-state index contributed by atoms with van der Waals surface area (Å²) in [6.45, 7) is 9.52. The molecule has 0 aromatic heterocycles. The molecule has 1 fully saturated rings. The molecule has 1 saturated heterocycles. The number of morpholine rings is 1. The number of nitrogens with zero attached hydrogens (tertiary/aromatic N) is 1. The van der Waals surface area contributed by atoms with E-state index in [2.05, 4.69) is 10.6 Å². The normalized spacial score (nSPS) is 21.7. The van der Waals surface area contributed by atoms with Crippen LogP contribution in [0.15, 0.2) is 18.2 Å². The average molecular weight is 319 g/mol. The highest BCUT2D eigenvalue weighted by molar-refractivity contribution is 6.01. The number of amides is 3. The fourth-order valence-corrected chi connectivity index (χ4v) is 2.76. The van der Waals surface area contributed by atoms with Gasteiger partial charge in [-0.15, -0.1) is 0 Å². The summed E-state index contributed by atoms with van der Waals surface area (Å²) in [7, 11) is 0. The number of nitrogens with one attached hydrogen (secondary N) is 2. The van der Waals surface area contributed by atoms with Crippen LogP contribution in [0.5, 0.6) is 0 Å². The lowest BCUT2D eigenvalue weighted by atomic mass is 10.1. The molecule has 126 valence electrons. The van der Waals surface area contributed by atoms with Crippen LogP contribution in [-0.2, 0) is 9.53 Å². The molecule has 0 bridgehead atoms. The molecular weight excluding hydrogens is 294 g/mol. The maximum Gasteiger partial charge on any atom is 0.325 e. The molecule has 0 unspecified atom stereocenters. The lowest BCUT2D eigenvalue weighted by Crippen LogP contribution is -2.50. The third-order valence-electron chi connectivity index (χ3n) is 3.88. The van der Waals surface area contributed by atoms with E-state index >= 15 is 0 Å². The van der Waals surface area contributed by atoms with Crippen molar-refractivity contribution in [2.75, 3.05) is 25.0 Å². The van der Waals surface area contributed by atoms with Crippen molar-refractivity contribution in [2.24, 2.45) is 0 Å². The number of hydrogen-bond acceptors (Lipinski definition) is 4. The van der Waals surface area contributed by atoms with Gasteiger partial charge < -0.3 is 10.1 Å². The van der Waals surface area contributed by atoms with Crippen molar-refractivity contribution in [1.82, 2.24) is 10.2 Å². The molecule has 2 N–H and O–H groups in total. The number of hydrogen-bond donors (Lipinski definition) is 2. The van der Waals surface area contributed by atoms with Gasteiger partial charge in [-0.1, -0.05) is 6.07 Å². The van der Waals surface area contributed by atoms with Crippen LogP contribution < -0.4 is 10.6 Å². The molecule has 0 radical (unpaired) electrons. The zero-order valence-electron chi connectivity index (χ0n) is 14.2. The fourth-order valence-electron chi connectivity index (χ4n) is 2.76. The highest BCUT2D eigenvalue weighted by Crippen LogP contribution is 2.14. The van der Waals surface area contributed by atoms with E-state index in [1.165, 1.54) is 0 Å². The highest BCUT2D eigenvalue weighted by Gasteiger charge is 2.24. The standard InChI is InChI=1S/C17H25N3O3/c1-11-5-6-15(7-12(11)2)18-17(22)19-16(21)10-20-8-13(3)23-14(4)9-20/h5-7,13-14H,8-10H2,1-4H3,(H2,18,19,21,22)/t13-,14+. The molecule has 1 aliphatic heterocycles. The first kappa shape index (κ1) is 17.4. The number of aryl methyl sites for hydroxylation is 2. The van der Waals surface area contributed by atoms with E-state index in [0.717, 1.165) is 11.1 Å². The first-order valence-corrected chi connectivity index (χ1v) is 7.89. The predicted octanol–water partition coefficient (Wildman–Crippen LogP) is 2.06. The lowest BCUT2D eigenvalue weighted by molar-refractivity contribution is -0.124. The molecule has 1 heterocycles. The molecule has 23 heavy (non-hydrogen) atoms. The molecule has 1 aromatic carbocycles. The summed E-state index contributed by atoms with van der Waals surface area (Å²) < 4.78 is 5.63. The van der Waals surface area contributed by atoms with Gasteiger partial charge in [0, 0.05) is 18.8 Å². The Bertz CT molecular complexity index is 578. The van der Waals surface area contributed by atoms with Gasteiger partial charge in [-0.3, -0.25) is 15.0 Å². The molecule has 6 nitrogen and oxygen atoms in total. The summed E-state index contributed by atoms with van der Waals surface area (Å²) in [5.74, 6) is -0.312. The summed E-state index contributed by atoms with van der Waals surface area (Å²) >= 11 is 0. The fraction of sp³-hybridized carbons (Fsp3) is 0.529. The Labute approximate surface area is 137 Å². The summed E-state index contributed by atoms with van der Waals surface area (Å²) in [5.41, 5.74) is 2.92. The lowest BCUT2D eigenvalue weighted by Gasteiger charge is -2.34. The number of anilines is 1. The van der Waals surface area contributed by atoms with Crippen LogP contribution in [0.25, 0.3) is 0 Å². The second-order valence-electron chi connectivity index (χ2n) is 6.25. The van der Waals surface area contributed by atoms with Gasteiger partial charge in [-0.05, 0) is 51.0 Å². The van der Waals surface area contributed by atoms with Gasteiger partial charge in [0.2, 0.25) is 5.91 Å². The smallest absolute Gasteiger partial charge is 0.325 e. The number of carbonyl (C=O) groups is 2. The molecule has 0 spiro atoms. The van der Waals surface area contributed by atoms with E-state index in [0.29, 0.717) is 18.8 Å². The van der Waals surface area contributed by atoms with E-state index in [1.54, 1.807) is 0 Å². The van der Waals surface area contributed by atoms with Crippen LogP contribution in [-0.4, -0.2) is 48.7 Å². The van der Waals surface area contributed by atoms with E-state index in [-0.39, 0.29) is 24.7 Å². The molecule has 2 atom stereocenters. The van der Waals surface area contributed by atoms with E-state index < -0.39 is 6.03 Å². The molecule has 1 aromatic rings. The first-order valence-electron chi connectivity index (χ1n) is 7.89. The minimum Gasteiger partial charge on any atom is -0.373 e. The number of rotatable bonds is 3. The molecule has 0 aliphatic carbocycles. The third kappa shape index (κ3) is 5.33. The molecule has 1 aliphatic rings. The second-order valence-corrected chi connectivity index (χ2v) is 6.25. The Morgan fingerprint density at radius 3 is 2.43 bits per heavy atom. The van der Waals surface area contributed by atoms with Crippen molar-refractivity contribution in [2.45, 2.75) is 39.9 Å². The first-order chi connectivity index (χ1) is 10.8. The van der Waals surface area contributed by atoms with Crippen molar-refractivity contribution in [1.29, 1.82) is 0 Å². The maximum atomic E-state index is 12.0. The Morgan fingerprint density at radius 1 is 1.17 bits per heavy atom. The van der Waals surface area contributed by atoms with Crippen molar-refractivity contribution < 1.29 is 14.3 Å². The Balaban J connectivity index is 1.82. The number of carbonyl (C=O) groups excluding carboxylic acids is 2. The minimum absolute atomic E-state index is 0.0934. The van der Waals surface area contributed by atoms with Crippen LogP contribution in [0.1, 0.15) is 25.0 Å². The molecule has 0 saturated carbocycles. The van der Waals surface area contributed by atoms with Crippen molar-refractivity contribution >= 4 is 17.6 Å². The molecular formula is C17H25N3O3. The summed E-state index contributed by atoms with van der Waals surface area (Å²) in [4.78, 5) is 25.9. The van der Waals surface area contributed by atoms with Crippen LogP contribution in [0.2, 0.25) is 0 Å². The van der Waals surface area contributed by atoms with Gasteiger partial charge >= 0.3 is 6.03 Å². The number of ether oxygens (including phenoxy) is 1. The average Bonchev–Trinajstić information content (AvgIpc) is 2.41. The topological polar surface area (TPSA) is 70.7 Å². The summed E-state index contributed by atoms with van der Waals surface area (Å²) in [5, 5.41) is 5.05. The van der Waals surface area contributed by atoms with Gasteiger partial charge in [0.15, 0.2) is 0 Å². The van der Waals surface area contributed by atoms with E-state index in [4.69, 9.17) is 4.74 Å². The van der Waals surface area contributed by atoms with Gasteiger partial charge in [-0.25, -0.2) is 4.79 Å². The minimum atomic E-state index is -0.507. The van der Waals surface area contributed by atoms with E-state index in [9.17, 15) is 9.59 Å². The summed E-state index contributed by atoms with van der Waals surface area (Å²) in [6.07, 6.45) is 0.187. The molecule has 6 heteroatoms. The second kappa shape index (κ2) is 7.57. The molecule has 2 rings (SSSR count). The van der Waals surface area contributed by atoms with Gasteiger partial charge in [0.25, 0.3) is 0 Å². The SMILES string of the molecule is Cc1ccc(NC(=O)NC(=O)CN2C[C@@H](C)O[C@@H](C)C2)cc1C. The maximum absolute atomic E-state index is 12.0. The van der Waals surface area contributed by atoms with Crippen LogP contribution in [0.3, 0.4) is 0 Å². The zero-order valence-corrected chi connectivity index (χ0v) is 14.2. The van der Waals surface area contributed by atoms with Gasteiger partial charge in [-0.2, -0.15) is 0 Å². The zero-order chi connectivity index (χ0) is 17.0. The van der Waals surface area contributed by atoms with E-state index in [1.807, 2.05) is 50.8 Å². The van der Waals surface area contributed by atoms with Crippen LogP contribution in [0, 0.1) is 13.8 Å². The predicted molar refractivity (Wildman–Crippen MR) is 89.5 cm³/mol. The Morgan fingerprint density at radius 2 is 1.83 bits per heavy atom. The monoisotopic (exact) mass is 319 g/mol. The third-order valence-corrected chi connectivity index (χ3v) is 3.88.